The first kappa shape index (κ1) is 62.1. The highest BCUT2D eigenvalue weighted by molar-refractivity contribution is 8.77. The second-order valence-corrected chi connectivity index (χ2v) is 34.3. The third-order valence-corrected chi connectivity index (χ3v) is 25.9. The summed E-state index contributed by atoms with van der Waals surface area (Å²) in [6, 6.07) is 8.07. The molecule has 0 saturated carbocycles. The summed E-state index contributed by atoms with van der Waals surface area (Å²) in [5.41, 5.74) is 1.83. The number of nitro groups is 1. The van der Waals surface area contributed by atoms with Crippen molar-refractivity contribution < 1.29 is 61.7 Å². The van der Waals surface area contributed by atoms with Gasteiger partial charge in [0.15, 0.2) is 44.7 Å². The highest BCUT2D eigenvalue weighted by Crippen LogP contribution is 2.42. The molecule has 5 rings (SSSR count). The molecule has 3 atom stereocenters. The minimum Gasteiger partial charge on any atom is -0.493 e. The van der Waals surface area contributed by atoms with E-state index in [9.17, 15) is 34.4 Å². The van der Waals surface area contributed by atoms with Crippen LogP contribution < -0.4 is 29.6 Å². The summed E-state index contributed by atoms with van der Waals surface area (Å²) in [5.74, 6) is -0.0686. The zero-order valence-corrected chi connectivity index (χ0v) is 50.3. The average molecular weight is 1140 g/mol. The van der Waals surface area contributed by atoms with Crippen LogP contribution in [0.25, 0.3) is 0 Å². The Balaban J connectivity index is 1.33. The van der Waals surface area contributed by atoms with Crippen LogP contribution in [0.3, 0.4) is 0 Å². The Morgan fingerprint density at radius 2 is 1.27 bits per heavy atom. The molecule has 0 aliphatic carbocycles. The van der Waals surface area contributed by atoms with Gasteiger partial charge in [0.1, 0.15) is 6.61 Å². The minimum absolute atomic E-state index is 0.00427. The molecule has 2 saturated heterocycles. The van der Waals surface area contributed by atoms with E-state index in [0.717, 1.165) is 21.9 Å². The number of nitrogens with one attached hydrogen (secondary N) is 2. The van der Waals surface area contributed by atoms with Crippen LogP contribution in [0, 0.1) is 10.1 Å². The van der Waals surface area contributed by atoms with E-state index in [1.54, 1.807) is 16.7 Å². The number of carbonyl (C=O) groups excluding carboxylic acids is 3. The molecule has 20 nitrogen and oxygen atoms in total. The molecule has 0 radical (unpaired) electrons. The monoisotopic (exact) mass is 1140 g/mol. The second kappa shape index (κ2) is 26.2. The van der Waals surface area contributed by atoms with E-state index in [4.69, 9.17) is 32.5 Å². The van der Waals surface area contributed by atoms with Crippen LogP contribution in [-0.4, -0.2) is 143 Å². The molecule has 3 heterocycles. The van der Waals surface area contributed by atoms with Crippen molar-refractivity contribution >= 4 is 79.3 Å². The smallest absolute Gasteiger partial charge is 0.411 e. The van der Waals surface area contributed by atoms with Crippen molar-refractivity contribution in [3.05, 3.63) is 88.1 Å². The first-order valence-corrected chi connectivity index (χ1v) is 33.3. The second-order valence-electron chi connectivity index (χ2n) is 22.1. The number of likely N-dealkylation sites (tertiary alicyclic amines) is 2. The van der Waals surface area contributed by atoms with Gasteiger partial charge in [-0.2, -0.15) is 0 Å². The van der Waals surface area contributed by atoms with E-state index < -0.39 is 45.6 Å². The SMILES string of the molecule is C=C1CC(CO[Si](C)(C)C(C)(C)C)N(C(=O)c2cc(OC)c(OCCCOc3cc(NC(=O)OCC(C)SSc4ncccc4[N+](=O)[O-])c(C(=O)N4CC(=C)CC4CO[Si](C)(C)C(C)(C)C)cc3OC)cc2NC(=O)O)C1. The number of methoxy groups -OCH3 is 2. The maximum Gasteiger partial charge on any atom is 0.411 e. The number of pyridine rings is 1. The molecule has 2 aliphatic rings. The van der Waals surface area contributed by atoms with Crippen molar-refractivity contribution in [2.45, 2.75) is 126 Å². The topological polar surface area (TPSA) is 240 Å². The van der Waals surface area contributed by atoms with Gasteiger partial charge in [-0.1, -0.05) is 76.6 Å². The Kier molecular flexibility index (Phi) is 21.1. The molecule has 3 unspecified atom stereocenters. The molecule has 0 spiro atoms. The number of carboxylic acid groups (broad SMARTS) is 1. The number of nitrogens with zero attached hydrogens (tertiary/aromatic N) is 4. The predicted octanol–water partition coefficient (Wildman–Crippen LogP) is 11.9. The molecule has 24 heteroatoms. The molecular formula is C53H76N6O14S2Si2. The van der Waals surface area contributed by atoms with Crippen molar-refractivity contribution in [1.29, 1.82) is 0 Å². The maximum atomic E-state index is 14.7. The zero-order chi connectivity index (χ0) is 57.2. The lowest BCUT2D eigenvalue weighted by Crippen LogP contribution is -2.46. The van der Waals surface area contributed by atoms with Gasteiger partial charge in [-0.25, -0.2) is 14.6 Å². The molecule has 4 amide bonds. The van der Waals surface area contributed by atoms with E-state index in [1.807, 2.05) is 0 Å². The van der Waals surface area contributed by atoms with Crippen LogP contribution in [0.2, 0.25) is 36.3 Å². The quantitative estimate of drug-likeness (QED) is 0.0189. The number of rotatable bonds is 24. The Morgan fingerprint density at radius 1 is 0.805 bits per heavy atom. The summed E-state index contributed by atoms with van der Waals surface area (Å²) in [4.78, 5) is 73.1. The Hall–Kier alpha value is -5.80. The van der Waals surface area contributed by atoms with Gasteiger partial charge in [-0.05, 0) is 85.0 Å². The molecule has 77 heavy (non-hydrogen) atoms. The zero-order valence-electron chi connectivity index (χ0n) is 46.6. The van der Waals surface area contributed by atoms with Crippen LogP contribution in [-0.2, 0) is 13.6 Å². The van der Waals surface area contributed by atoms with Crippen molar-refractivity contribution in [3.63, 3.8) is 0 Å². The first-order valence-electron chi connectivity index (χ1n) is 25.3. The average Bonchev–Trinajstić information content (AvgIpc) is 3.93. The minimum atomic E-state index is -2.20. The fraction of sp³-hybridized carbons (Fsp3) is 0.528. The Labute approximate surface area is 462 Å². The number of anilines is 2. The number of hydrogen-bond acceptors (Lipinski definition) is 16. The number of hydrogen-bond donors (Lipinski definition) is 3. The molecule has 422 valence electrons. The fourth-order valence-corrected chi connectivity index (χ4v) is 11.8. The number of carbonyl (C=O) groups is 4. The van der Waals surface area contributed by atoms with Crippen molar-refractivity contribution in [2.24, 2.45) is 0 Å². The Bertz CT molecular complexity index is 2680. The van der Waals surface area contributed by atoms with E-state index in [0.29, 0.717) is 26.1 Å². The van der Waals surface area contributed by atoms with Gasteiger partial charge in [0.05, 0.1) is 80.2 Å². The van der Waals surface area contributed by atoms with Gasteiger partial charge in [-0.15, -0.1) is 0 Å². The summed E-state index contributed by atoms with van der Waals surface area (Å²) in [5, 5.41) is 26.2. The van der Waals surface area contributed by atoms with Gasteiger partial charge < -0.3 is 47.4 Å². The lowest BCUT2D eigenvalue weighted by molar-refractivity contribution is -0.388. The third-order valence-electron chi connectivity index (χ3n) is 14.2. The highest BCUT2D eigenvalue weighted by atomic mass is 33.1. The van der Waals surface area contributed by atoms with Gasteiger partial charge >= 0.3 is 17.9 Å². The van der Waals surface area contributed by atoms with E-state index >= 15 is 0 Å². The lowest BCUT2D eigenvalue weighted by Gasteiger charge is -2.38. The normalized spacial score (nSPS) is 16.5. The predicted molar refractivity (Wildman–Crippen MR) is 305 cm³/mol. The van der Waals surface area contributed by atoms with E-state index in [2.05, 4.69) is 96.5 Å². The standard InChI is InChI=1S/C53H76N6O14S2Si2/c1-33-22-36(31-72-76(12,13)52(4,5)6)57(28-33)48(60)38-24-43(67-10)45(26-40(38)55-50(62)63)69-20-17-21-70-46-27-41(56-51(64)71-30-35(3)74-75-47-42(59(65)66)18-16-19-54-47)39(25-44(46)68-11)49(61)58-29-34(2)23-37(58)32-73-77(14,15)53(7,8)9/h16,18-19,24-27,35-37,55H,1-2,17,20-23,28-32H2,3-15H3,(H,56,64)(H,62,63). The summed E-state index contributed by atoms with van der Waals surface area (Å²) in [7, 11) is 0.829. The molecule has 2 fully saturated rings. The number of amides is 4. The maximum absolute atomic E-state index is 14.7. The van der Waals surface area contributed by atoms with Gasteiger partial charge in [0.2, 0.25) is 0 Å². The molecule has 1 aromatic heterocycles. The molecule has 3 aromatic rings. The molecule has 0 bridgehead atoms. The van der Waals surface area contributed by atoms with Crippen LogP contribution >= 0.6 is 21.6 Å². The van der Waals surface area contributed by atoms with Crippen LogP contribution in [0.5, 0.6) is 23.0 Å². The summed E-state index contributed by atoms with van der Waals surface area (Å²) < 4.78 is 42.4. The summed E-state index contributed by atoms with van der Waals surface area (Å²) in [6.07, 6.45) is 0.573. The summed E-state index contributed by atoms with van der Waals surface area (Å²) >= 11 is 0. The molecule has 2 aliphatic heterocycles. The number of ether oxygens (including phenoxy) is 5. The van der Waals surface area contributed by atoms with Crippen LogP contribution in [0.4, 0.5) is 26.7 Å². The third kappa shape index (κ3) is 16.4. The van der Waals surface area contributed by atoms with E-state index in [-0.39, 0.29) is 123 Å². The van der Waals surface area contributed by atoms with Crippen LogP contribution in [0.1, 0.15) is 88.4 Å². The van der Waals surface area contributed by atoms with Crippen LogP contribution in [0.15, 0.2) is 71.9 Å². The fourth-order valence-electron chi connectivity index (χ4n) is 7.72. The lowest BCUT2D eigenvalue weighted by atomic mass is 10.1. The van der Waals surface area contributed by atoms with Crippen molar-refractivity contribution in [3.8, 4) is 23.0 Å². The highest BCUT2D eigenvalue weighted by Gasteiger charge is 2.42. The van der Waals surface area contributed by atoms with E-state index in [1.165, 1.54) is 67.6 Å². The first-order chi connectivity index (χ1) is 36.0. The number of benzene rings is 2. The molecule has 2 aromatic carbocycles. The number of aromatic nitrogens is 1. The van der Waals surface area contributed by atoms with Gasteiger partial charge in [-0.3, -0.25) is 30.3 Å². The van der Waals surface area contributed by atoms with Crippen molar-refractivity contribution in [1.82, 2.24) is 14.8 Å². The Morgan fingerprint density at radius 3 is 1.70 bits per heavy atom. The van der Waals surface area contributed by atoms with Gasteiger partial charge in [0, 0.05) is 49.2 Å². The molecule has 3 N–H and O–H groups in total. The van der Waals surface area contributed by atoms with Gasteiger partial charge in [0.25, 0.3) is 11.8 Å². The van der Waals surface area contributed by atoms with Crippen molar-refractivity contribution in [2.75, 3.05) is 71.0 Å². The summed E-state index contributed by atoms with van der Waals surface area (Å²) in [6.45, 7) is 32.8. The molecular weight excluding hydrogens is 1060 g/mol. The largest absolute Gasteiger partial charge is 0.493 e.